The minimum absolute atomic E-state index is 0.0399. The van der Waals surface area contributed by atoms with Crippen LogP contribution in [-0.2, 0) is 56.4 Å². The first-order valence-electron chi connectivity index (χ1n) is 27.6. The zero-order valence-corrected chi connectivity index (χ0v) is 51.6. The van der Waals surface area contributed by atoms with E-state index in [0.717, 1.165) is 12.7 Å². The minimum atomic E-state index is -3.04. The third-order valence-corrected chi connectivity index (χ3v) is 28.4. The highest BCUT2D eigenvalue weighted by molar-refractivity contribution is 6.77. The number of ketones is 1. The Bertz CT molecular complexity index is 2380. The molecule has 4 aliphatic rings. The Hall–Kier alpha value is -4.41. The van der Waals surface area contributed by atoms with Crippen molar-refractivity contribution >= 4 is 52.6 Å². The molecular formula is C58H91NO16Si2. The van der Waals surface area contributed by atoms with Gasteiger partial charge in [0.15, 0.2) is 31.9 Å². The second-order valence-electron chi connectivity index (χ2n) is 24.8. The number of carbonyl (C=O) groups excluding carboxylic acids is 6. The van der Waals surface area contributed by atoms with Crippen LogP contribution in [0, 0.1) is 16.7 Å². The minimum Gasteiger partial charge on any atom is -0.456 e. The second-order valence-corrected chi connectivity index (χ2v) is 34.9. The summed E-state index contributed by atoms with van der Waals surface area (Å²) in [5.74, 6) is -4.65. The number of fused-ring (bicyclic) bond motifs is 5. The largest absolute Gasteiger partial charge is 0.509 e. The van der Waals surface area contributed by atoms with Crippen LogP contribution in [0.25, 0.3) is 0 Å². The van der Waals surface area contributed by atoms with Crippen LogP contribution in [0.2, 0.25) is 34.8 Å². The maximum atomic E-state index is 16.7. The van der Waals surface area contributed by atoms with E-state index in [1.807, 2.05) is 34.6 Å². The third kappa shape index (κ3) is 11.9. The Kier molecular flexibility index (Phi) is 19.6. The number of alkyl carbamates (subject to hydrolysis) is 1. The number of hydrogen-bond acceptors (Lipinski definition) is 16. The van der Waals surface area contributed by atoms with Crippen molar-refractivity contribution in [3.8, 4) is 0 Å². The predicted octanol–water partition coefficient (Wildman–Crippen LogP) is 10.9. The Morgan fingerprint density at radius 3 is 1.92 bits per heavy atom. The molecule has 2 saturated carbocycles. The summed E-state index contributed by atoms with van der Waals surface area (Å²) in [5.41, 5.74) is -7.50. The molecule has 0 radical (unpaired) electrons. The lowest BCUT2D eigenvalue weighted by Crippen LogP contribution is -2.82. The molecule has 0 aromatic heterocycles. The fourth-order valence-corrected chi connectivity index (χ4v) is 22.0. The number of Topliss-reactive ketones (excluding diaryl/α,β-unsaturated/α-hetero) is 1. The highest BCUT2D eigenvalue weighted by atomic mass is 28.4. The molecule has 17 nitrogen and oxygen atoms in total. The van der Waals surface area contributed by atoms with Crippen LogP contribution in [0.3, 0.4) is 0 Å². The third-order valence-electron chi connectivity index (χ3n) is 17.6. The Balaban J connectivity index is 1.91. The van der Waals surface area contributed by atoms with Gasteiger partial charge in [0.2, 0.25) is 8.32 Å². The monoisotopic (exact) mass is 1110 g/mol. The highest BCUT2D eigenvalue weighted by Crippen LogP contribution is 2.65. The average Bonchev–Trinajstić information content (AvgIpc) is 3.32. The summed E-state index contributed by atoms with van der Waals surface area (Å²) in [4.78, 5) is 88.5. The molecule has 77 heavy (non-hydrogen) atoms. The molecule has 1 heterocycles. The number of ether oxygens (including phenoxy) is 7. The number of nitrogens with one attached hydrogen (secondary N) is 1. The number of amides is 1. The predicted molar refractivity (Wildman–Crippen MR) is 295 cm³/mol. The lowest BCUT2D eigenvalue weighted by Gasteiger charge is -2.68. The van der Waals surface area contributed by atoms with Gasteiger partial charge in [-0.2, -0.15) is 0 Å². The summed E-state index contributed by atoms with van der Waals surface area (Å²) >= 11 is 0. The van der Waals surface area contributed by atoms with Crippen molar-refractivity contribution in [3.63, 3.8) is 0 Å². The Morgan fingerprint density at radius 1 is 0.883 bits per heavy atom. The van der Waals surface area contributed by atoms with Crippen LogP contribution in [0.4, 0.5) is 9.59 Å². The van der Waals surface area contributed by atoms with Gasteiger partial charge >= 0.3 is 30.2 Å². The molecule has 1 aliphatic heterocycles. The number of benzene rings is 1. The van der Waals surface area contributed by atoms with Crippen molar-refractivity contribution in [3.05, 3.63) is 58.7 Å². The molecular weight excluding hydrogens is 1020 g/mol. The number of esters is 3. The van der Waals surface area contributed by atoms with Crippen molar-refractivity contribution in [1.82, 2.24) is 5.32 Å². The summed E-state index contributed by atoms with van der Waals surface area (Å²) in [6.07, 6.45) is -9.20. The standard InChI is InChI=1S/C58H91NO16Si2/c1-21-76(22-2,23-3)74-42-30-43-57(32-68-43,72-38(13)60)47-49(71-50(62)39-27-25-24-26-28-39)58(66)31-41(37(12)44(55(58,17)18)46(70-53(65)67-20)48(61)56(42,47)19)69-51(63)45(75-77(34(6)7,35(8)9)36(10)11)40(29-33(4)5)59-52(64)73-54(14,15)16/h24-29,34-36,40-43,45-47,49,66H,21-23,30-32H2,1-20H3,(H,59,64)/t40-,41-,42-,43+,45+,46+,47-,49-,56+,57-,58+/m0/s1. The maximum absolute atomic E-state index is 16.7. The number of rotatable bonds is 19. The van der Waals surface area contributed by atoms with Crippen molar-refractivity contribution in [2.45, 2.75) is 239 Å². The summed E-state index contributed by atoms with van der Waals surface area (Å²) in [5, 5.41) is 17.4. The molecule has 2 N–H and O–H groups in total. The normalized spacial score (nSPS) is 28.9. The topological polar surface area (TPSA) is 218 Å². The van der Waals surface area contributed by atoms with Gasteiger partial charge in [-0.15, -0.1) is 0 Å². The van der Waals surface area contributed by atoms with Crippen molar-refractivity contribution < 1.29 is 75.9 Å². The fourth-order valence-electron chi connectivity index (χ4n) is 13.6. The fraction of sp³-hybridized carbons (Fsp3) is 0.724. The van der Waals surface area contributed by atoms with Crippen LogP contribution in [-0.4, -0.2) is 131 Å². The van der Waals surface area contributed by atoms with Gasteiger partial charge in [-0.1, -0.05) is 106 Å². The van der Waals surface area contributed by atoms with Gasteiger partial charge in [0.25, 0.3) is 0 Å². The number of aliphatic hydroxyl groups is 1. The highest BCUT2D eigenvalue weighted by Gasteiger charge is 2.79. The van der Waals surface area contributed by atoms with Gasteiger partial charge in [-0.3, -0.25) is 9.59 Å². The molecule has 0 unspecified atom stereocenters. The van der Waals surface area contributed by atoms with Crippen LogP contribution < -0.4 is 5.32 Å². The summed E-state index contributed by atoms with van der Waals surface area (Å²) < 4.78 is 58.1. The Labute approximate surface area is 459 Å². The van der Waals surface area contributed by atoms with Crippen molar-refractivity contribution in [2.75, 3.05) is 13.7 Å². The maximum Gasteiger partial charge on any atom is 0.509 e. The average molecular weight is 1110 g/mol. The second kappa shape index (κ2) is 23.7. The van der Waals surface area contributed by atoms with Gasteiger partial charge in [0.05, 0.1) is 42.8 Å². The van der Waals surface area contributed by atoms with E-state index in [1.165, 1.54) is 6.92 Å². The zero-order chi connectivity index (χ0) is 58.2. The molecule has 5 rings (SSSR count). The Morgan fingerprint density at radius 2 is 1.45 bits per heavy atom. The van der Waals surface area contributed by atoms with Crippen LogP contribution in [0.15, 0.2) is 53.1 Å². The molecule has 0 spiro atoms. The number of allylic oxidation sites excluding steroid dienone is 1. The molecule has 2 bridgehead atoms. The van der Waals surface area contributed by atoms with Crippen molar-refractivity contribution in [1.29, 1.82) is 0 Å². The first-order chi connectivity index (χ1) is 35.6. The van der Waals surface area contributed by atoms with Gasteiger partial charge in [-0.05, 0) is 107 Å². The summed E-state index contributed by atoms with van der Waals surface area (Å²) in [6, 6.07) is 9.06. The summed E-state index contributed by atoms with van der Waals surface area (Å²) in [6.45, 7) is 34.9. The first kappa shape index (κ1) is 63.4. The van der Waals surface area contributed by atoms with Gasteiger partial charge in [-0.25, -0.2) is 19.2 Å². The van der Waals surface area contributed by atoms with E-state index in [9.17, 15) is 24.3 Å². The zero-order valence-electron chi connectivity index (χ0n) is 49.6. The van der Waals surface area contributed by atoms with E-state index in [0.29, 0.717) is 18.1 Å². The van der Waals surface area contributed by atoms with Crippen LogP contribution in [0.5, 0.6) is 0 Å². The van der Waals surface area contributed by atoms with Gasteiger partial charge < -0.3 is 52.4 Å². The van der Waals surface area contributed by atoms with E-state index in [-0.39, 0.29) is 46.4 Å². The van der Waals surface area contributed by atoms with Crippen molar-refractivity contribution in [2.24, 2.45) is 16.7 Å². The number of carbonyl (C=O) groups is 6. The summed E-state index contributed by atoms with van der Waals surface area (Å²) in [7, 11) is -4.61. The van der Waals surface area contributed by atoms with E-state index in [2.05, 4.69) is 46.9 Å². The van der Waals surface area contributed by atoms with Crippen LogP contribution >= 0.6 is 0 Å². The smallest absolute Gasteiger partial charge is 0.456 e. The molecule has 19 heteroatoms. The molecule has 1 aromatic carbocycles. The molecule has 1 amide bonds. The lowest BCUT2D eigenvalue weighted by molar-refractivity contribution is -0.344. The van der Waals surface area contributed by atoms with Gasteiger partial charge in [0.1, 0.15) is 29.5 Å². The van der Waals surface area contributed by atoms with E-state index >= 15 is 9.59 Å². The van der Waals surface area contributed by atoms with E-state index in [4.69, 9.17) is 42.0 Å². The molecule has 1 saturated heterocycles. The SMILES string of the molecule is CC[Si](CC)(CC)O[C@H]1C[C@H]2OC[C@@]2(OC(C)=O)[C@H]2[C@H](OC(=O)c3ccccc3)[C@]3(O)C[C@H](OC(=O)[C@H](O[Si](C(C)C)(C(C)C)C(C)C)[C@H](C=C(C)C)NC(=O)OC(C)(C)C)C(C)=C([C@@H](OC(=O)OC)C(=O)[C@]12C)C3(C)C. The van der Waals surface area contributed by atoms with E-state index < -0.39 is 135 Å². The van der Waals surface area contributed by atoms with Gasteiger partial charge in [0, 0.05) is 25.2 Å². The number of hydrogen-bond donors (Lipinski definition) is 2. The molecule has 3 fully saturated rings. The first-order valence-corrected chi connectivity index (χ1v) is 32.3. The molecule has 11 atom stereocenters. The lowest BCUT2D eigenvalue weighted by atomic mass is 9.44. The molecule has 432 valence electrons. The molecule has 1 aromatic rings. The molecule has 3 aliphatic carbocycles. The van der Waals surface area contributed by atoms with E-state index in [1.54, 1.807) is 84.9 Å². The quantitative estimate of drug-likeness (QED) is 0.0570. The number of methoxy groups -OCH3 is 1. The van der Waals surface area contributed by atoms with Crippen LogP contribution in [0.1, 0.15) is 155 Å².